The van der Waals surface area contributed by atoms with E-state index < -0.39 is 0 Å². The molecule has 9 heteroatoms. The van der Waals surface area contributed by atoms with Gasteiger partial charge in [-0.25, -0.2) is 4.98 Å². The minimum absolute atomic E-state index is 0.644. The summed E-state index contributed by atoms with van der Waals surface area (Å²) in [6.07, 6.45) is 5.34. The van der Waals surface area contributed by atoms with Crippen LogP contribution in [-0.4, -0.2) is 60.9 Å². The second-order valence-electron chi connectivity index (χ2n) is 5.78. The van der Waals surface area contributed by atoms with Crippen molar-refractivity contribution in [3.8, 4) is 0 Å². The van der Waals surface area contributed by atoms with Crippen LogP contribution in [0.3, 0.4) is 0 Å². The van der Waals surface area contributed by atoms with Gasteiger partial charge in [-0.2, -0.15) is 5.10 Å². The normalized spacial score (nSPS) is 11.9. The third kappa shape index (κ3) is 3.93. The number of fused-ring (bicyclic) bond motifs is 1. The molecule has 1 N–H and O–H groups in total. The van der Waals surface area contributed by atoms with Crippen LogP contribution in [0.2, 0.25) is 0 Å². The predicted octanol–water partition coefficient (Wildman–Crippen LogP) is 0.498. The van der Waals surface area contributed by atoms with Crippen LogP contribution < -0.4 is 5.32 Å². The van der Waals surface area contributed by atoms with Gasteiger partial charge in [-0.15, -0.1) is 10.2 Å². The molecule has 0 fully saturated rings. The fourth-order valence-electron chi connectivity index (χ4n) is 2.64. The van der Waals surface area contributed by atoms with E-state index in [4.69, 9.17) is 0 Å². The smallest absolute Gasteiger partial charge is 0.193 e. The zero-order chi connectivity index (χ0) is 17.6. The second-order valence-corrected chi connectivity index (χ2v) is 5.78. The molecule has 3 heterocycles. The number of aromatic nitrogens is 6. The zero-order valence-corrected chi connectivity index (χ0v) is 14.8. The summed E-state index contributed by atoms with van der Waals surface area (Å²) in [5.74, 6) is 2.69. The number of aryl methyl sites for hydroxylation is 2. The Morgan fingerprint density at radius 2 is 2.16 bits per heavy atom. The zero-order valence-electron chi connectivity index (χ0n) is 14.8. The van der Waals surface area contributed by atoms with E-state index in [0.29, 0.717) is 6.54 Å². The summed E-state index contributed by atoms with van der Waals surface area (Å²) in [6, 6.07) is 5.91. The SMILES string of the molecule is CN=C(NCCCc1nnc2ccccn12)N(C)Cc1ncnn1C. The molecule has 3 aromatic heterocycles. The van der Waals surface area contributed by atoms with E-state index in [-0.39, 0.29) is 0 Å². The van der Waals surface area contributed by atoms with Gasteiger partial charge in [-0.3, -0.25) is 14.1 Å². The van der Waals surface area contributed by atoms with E-state index in [1.807, 2.05) is 47.8 Å². The van der Waals surface area contributed by atoms with E-state index in [9.17, 15) is 0 Å². The summed E-state index contributed by atoms with van der Waals surface area (Å²) in [5, 5.41) is 15.9. The number of pyridine rings is 1. The minimum Gasteiger partial charge on any atom is -0.356 e. The quantitative estimate of drug-likeness (QED) is 0.399. The van der Waals surface area contributed by atoms with Crippen molar-refractivity contribution in [1.82, 2.24) is 39.6 Å². The molecule has 0 saturated heterocycles. The lowest BCUT2D eigenvalue weighted by Crippen LogP contribution is -2.39. The van der Waals surface area contributed by atoms with E-state index in [0.717, 1.165) is 42.6 Å². The van der Waals surface area contributed by atoms with E-state index in [2.05, 4.69) is 30.6 Å². The highest BCUT2D eigenvalue weighted by molar-refractivity contribution is 5.79. The highest BCUT2D eigenvalue weighted by Gasteiger charge is 2.10. The van der Waals surface area contributed by atoms with Crippen molar-refractivity contribution in [3.05, 3.63) is 42.4 Å². The van der Waals surface area contributed by atoms with Crippen molar-refractivity contribution in [3.63, 3.8) is 0 Å². The summed E-state index contributed by atoms with van der Waals surface area (Å²) in [7, 11) is 5.65. The van der Waals surface area contributed by atoms with Crippen LogP contribution >= 0.6 is 0 Å². The van der Waals surface area contributed by atoms with Crippen LogP contribution in [0.1, 0.15) is 18.1 Å². The van der Waals surface area contributed by atoms with Crippen LogP contribution in [0, 0.1) is 0 Å². The molecule has 0 unspecified atom stereocenters. The molecule has 9 nitrogen and oxygen atoms in total. The van der Waals surface area contributed by atoms with E-state index in [1.165, 1.54) is 0 Å². The van der Waals surface area contributed by atoms with Crippen LogP contribution in [0.4, 0.5) is 0 Å². The largest absolute Gasteiger partial charge is 0.356 e. The van der Waals surface area contributed by atoms with Gasteiger partial charge in [0.1, 0.15) is 18.0 Å². The molecule has 0 aliphatic heterocycles. The van der Waals surface area contributed by atoms with Crippen molar-refractivity contribution < 1.29 is 0 Å². The first-order valence-electron chi connectivity index (χ1n) is 8.22. The molecule has 0 aromatic carbocycles. The molecule has 3 aromatic rings. The Hall–Kier alpha value is -2.97. The number of nitrogens with zero attached hydrogens (tertiary/aromatic N) is 8. The van der Waals surface area contributed by atoms with Crippen LogP contribution in [0.25, 0.3) is 5.65 Å². The first-order valence-corrected chi connectivity index (χ1v) is 8.22. The molecular formula is C16H23N9. The van der Waals surface area contributed by atoms with Gasteiger partial charge < -0.3 is 10.2 Å². The molecule has 0 aliphatic rings. The maximum atomic E-state index is 4.32. The molecular weight excluding hydrogens is 318 g/mol. The average molecular weight is 341 g/mol. The van der Waals surface area contributed by atoms with E-state index >= 15 is 0 Å². The Labute approximate surface area is 146 Å². The van der Waals surface area contributed by atoms with Gasteiger partial charge in [0.25, 0.3) is 0 Å². The van der Waals surface area contributed by atoms with Crippen LogP contribution in [0.15, 0.2) is 35.7 Å². The van der Waals surface area contributed by atoms with Crippen molar-refractivity contribution >= 4 is 11.6 Å². The number of hydrogen-bond acceptors (Lipinski definition) is 5. The number of aliphatic imine (C=N–C) groups is 1. The van der Waals surface area contributed by atoms with Crippen molar-refractivity contribution in [2.45, 2.75) is 19.4 Å². The Bertz CT molecular complexity index is 848. The lowest BCUT2D eigenvalue weighted by Gasteiger charge is -2.21. The number of nitrogens with one attached hydrogen (secondary N) is 1. The summed E-state index contributed by atoms with van der Waals surface area (Å²) in [4.78, 5) is 10.6. The second kappa shape index (κ2) is 7.73. The molecule has 0 radical (unpaired) electrons. The number of rotatable bonds is 6. The maximum Gasteiger partial charge on any atom is 0.193 e. The van der Waals surface area contributed by atoms with Crippen molar-refractivity contribution in [2.75, 3.05) is 20.6 Å². The van der Waals surface area contributed by atoms with Gasteiger partial charge in [0.15, 0.2) is 11.6 Å². The molecule has 0 spiro atoms. The monoisotopic (exact) mass is 341 g/mol. The fourth-order valence-corrected chi connectivity index (χ4v) is 2.64. The van der Waals surface area contributed by atoms with Gasteiger partial charge in [-0.1, -0.05) is 6.07 Å². The lowest BCUT2D eigenvalue weighted by atomic mass is 10.3. The molecule has 0 bridgehead atoms. The Kier molecular flexibility index (Phi) is 5.22. The summed E-state index contributed by atoms with van der Waals surface area (Å²) >= 11 is 0. The molecule has 0 aliphatic carbocycles. The summed E-state index contributed by atoms with van der Waals surface area (Å²) in [6.45, 7) is 1.45. The highest BCUT2D eigenvalue weighted by atomic mass is 15.4. The summed E-state index contributed by atoms with van der Waals surface area (Å²) in [5.41, 5.74) is 0.879. The van der Waals surface area contributed by atoms with Gasteiger partial charge in [-0.05, 0) is 18.6 Å². The Morgan fingerprint density at radius 3 is 2.92 bits per heavy atom. The predicted molar refractivity (Wildman–Crippen MR) is 95.1 cm³/mol. The third-order valence-corrected chi connectivity index (χ3v) is 4.00. The fraction of sp³-hybridized carbons (Fsp3) is 0.438. The topological polar surface area (TPSA) is 88.5 Å². The molecule has 0 amide bonds. The first kappa shape index (κ1) is 16.9. The van der Waals surface area contributed by atoms with Gasteiger partial charge in [0, 0.05) is 40.3 Å². The van der Waals surface area contributed by atoms with Gasteiger partial charge in [0.2, 0.25) is 0 Å². The molecule has 3 rings (SSSR count). The summed E-state index contributed by atoms with van der Waals surface area (Å²) < 4.78 is 3.79. The van der Waals surface area contributed by atoms with Crippen molar-refractivity contribution in [1.29, 1.82) is 0 Å². The van der Waals surface area contributed by atoms with Crippen LogP contribution in [0.5, 0.6) is 0 Å². The molecule has 25 heavy (non-hydrogen) atoms. The first-order chi connectivity index (χ1) is 12.2. The van der Waals surface area contributed by atoms with Crippen molar-refractivity contribution in [2.24, 2.45) is 12.0 Å². The molecule has 132 valence electrons. The Morgan fingerprint density at radius 1 is 1.28 bits per heavy atom. The average Bonchev–Trinajstić information content (AvgIpc) is 3.21. The molecule has 0 saturated carbocycles. The standard InChI is InChI=1S/C16H23N9/c1-17-16(23(2)11-15-19-12-20-24(15)3)18-9-6-8-14-22-21-13-7-4-5-10-25(13)14/h4-5,7,10,12H,6,8-9,11H2,1-3H3,(H,17,18). The minimum atomic E-state index is 0.644. The maximum absolute atomic E-state index is 4.32. The van der Waals surface area contributed by atoms with Gasteiger partial charge in [0.05, 0.1) is 6.54 Å². The van der Waals surface area contributed by atoms with Gasteiger partial charge >= 0.3 is 0 Å². The number of hydrogen-bond donors (Lipinski definition) is 1. The lowest BCUT2D eigenvalue weighted by molar-refractivity contribution is 0.448. The molecule has 0 atom stereocenters. The third-order valence-electron chi connectivity index (χ3n) is 4.00. The Balaban J connectivity index is 1.49. The highest BCUT2D eigenvalue weighted by Crippen LogP contribution is 2.05. The van der Waals surface area contributed by atoms with E-state index in [1.54, 1.807) is 18.1 Å². The number of guanidine groups is 1. The van der Waals surface area contributed by atoms with Crippen LogP contribution in [-0.2, 0) is 20.0 Å².